The van der Waals surface area contributed by atoms with Gasteiger partial charge in [0.05, 0.1) is 0 Å². The van der Waals surface area contributed by atoms with Crippen molar-refractivity contribution in [3.8, 4) is 0 Å². The van der Waals surface area contributed by atoms with Crippen molar-refractivity contribution >= 4 is 11.7 Å². The zero-order valence-electron chi connectivity index (χ0n) is 10.9. The molecule has 1 saturated carbocycles. The Kier molecular flexibility index (Phi) is 4.20. The van der Waals surface area contributed by atoms with Gasteiger partial charge in [0.1, 0.15) is 0 Å². The van der Waals surface area contributed by atoms with Gasteiger partial charge in [-0.15, -0.1) is 0 Å². The molecule has 0 aromatic heterocycles. The molecule has 4 heteroatoms. The van der Waals surface area contributed by atoms with Crippen LogP contribution in [0.15, 0.2) is 24.3 Å². The van der Waals surface area contributed by atoms with E-state index in [1.807, 2.05) is 31.2 Å². The number of rotatable bonds is 5. The first kappa shape index (κ1) is 12.9. The lowest BCUT2D eigenvalue weighted by Crippen LogP contribution is -2.42. The third-order valence-electron chi connectivity index (χ3n) is 3.05. The number of hydrogen-bond acceptors (Lipinski definition) is 2. The van der Waals surface area contributed by atoms with Gasteiger partial charge in [0.15, 0.2) is 0 Å². The highest BCUT2D eigenvalue weighted by Crippen LogP contribution is 2.21. The van der Waals surface area contributed by atoms with Gasteiger partial charge in [-0.25, -0.2) is 4.79 Å². The Morgan fingerprint density at radius 1 is 1.50 bits per heavy atom. The molecule has 0 radical (unpaired) electrons. The quantitative estimate of drug-likeness (QED) is 0.836. The van der Waals surface area contributed by atoms with Crippen LogP contribution in [0.4, 0.5) is 10.5 Å². The van der Waals surface area contributed by atoms with Gasteiger partial charge >= 0.3 is 6.03 Å². The minimum atomic E-state index is -0.00319. The van der Waals surface area contributed by atoms with Crippen molar-refractivity contribution in [1.29, 1.82) is 0 Å². The molecule has 0 spiro atoms. The Morgan fingerprint density at radius 3 is 2.89 bits per heavy atom. The monoisotopic (exact) mass is 247 g/mol. The smallest absolute Gasteiger partial charge is 0.322 e. The molecule has 0 saturated heterocycles. The highest BCUT2D eigenvalue weighted by Gasteiger charge is 2.26. The van der Waals surface area contributed by atoms with Crippen molar-refractivity contribution in [2.45, 2.75) is 32.2 Å². The predicted octanol–water partition coefficient (Wildman–Crippen LogP) is 2.02. The largest absolute Gasteiger partial charge is 0.335 e. The number of aryl methyl sites for hydroxylation is 1. The second-order valence-electron chi connectivity index (χ2n) is 4.86. The summed E-state index contributed by atoms with van der Waals surface area (Å²) >= 11 is 0. The number of urea groups is 1. The van der Waals surface area contributed by atoms with Crippen LogP contribution >= 0.6 is 0 Å². The molecule has 1 aliphatic carbocycles. The van der Waals surface area contributed by atoms with Crippen LogP contribution in [0.3, 0.4) is 0 Å². The topological polar surface area (TPSA) is 58.4 Å². The SMILES string of the molecule is Cc1cccc(N(CCCN)C(=O)NC2CC2)c1. The number of amides is 2. The van der Waals surface area contributed by atoms with Crippen LogP contribution in [0.1, 0.15) is 24.8 Å². The number of nitrogens with one attached hydrogen (secondary N) is 1. The second-order valence-corrected chi connectivity index (χ2v) is 4.86. The van der Waals surface area contributed by atoms with Crippen LogP contribution in [0.25, 0.3) is 0 Å². The summed E-state index contributed by atoms with van der Waals surface area (Å²) in [4.78, 5) is 14.0. The zero-order valence-corrected chi connectivity index (χ0v) is 10.9. The molecule has 98 valence electrons. The first-order chi connectivity index (χ1) is 8.70. The van der Waals surface area contributed by atoms with E-state index in [2.05, 4.69) is 5.32 Å². The van der Waals surface area contributed by atoms with Gasteiger partial charge < -0.3 is 11.1 Å². The predicted molar refractivity (Wildman–Crippen MR) is 73.8 cm³/mol. The number of anilines is 1. The third-order valence-corrected chi connectivity index (χ3v) is 3.05. The van der Waals surface area contributed by atoms with Gasteiger partial charge in [-0.05, 0) is 50.4 Å². The molecule has 2 amide bonds. The van der Waals surface area contributed by atoms with Crippen molar-refractivity contribution in [1.82, 2.24) is 5.32 Å². The van der Waals surface area contributed by atoms with E-state index in [-0.39, 0.29) is 6.03 Å². The van der Waals surface area contributed by atoms with E-state index in [9.17, 15) is 4.79 Å². The minimum absolute atomic E-state index is 0.00319. The molecule has 18 heavy (non-hydrogen) atoms. The zero-order chi connectivity index (χ0) is 13.0. The molecule has 1 aromatic rings. The molecular formula is C14H21N3O. The van der Waals surface area contributed by atoms with E-state index in [1.54, 1.807) is 4.90 Å². The number of nitrogens with zero attached hydrogens (tertiary/aromatic N) is 1. The van der Waals surface area contributed by atoms with E-state index in [4.69, 9.17) is 5.73 Å². The van der Waals surface area contributed by atoms with Gasteiger partial charge in [0.2, 0.25) is 0 Å². The second kappa shape index (κ2) is 5.87. The lowest BCUT2D eigenvalue weighted by molar-refractivity contribution is 0.246. The average molecular weight is 247 g/mol. The maximum absolute atomic E-state index is 12.2. The summed E-state index contributed by atoms with van der Waals surface area (Å²) in [5, 5.41) is 3.03. The van der Waals surface area contributed by atoms with Gasteiger partial charge in [-0.2, -0.15) is 0 Å². The van der Waals surface area contributed by atoms with E-state index in [1.165, 1.54) is 0 Å². The number of carbonyl (C=O) groups excluding carboxylic acids is 1. The molecule has 0 bridgehead atoms. The molecule has 4 nitrogen and oxygen atoms in total. The fourth-order valence-corrected chi connectivity index (χ4v) is 1.87. The Hall–Kier alpha value is -1.55. The molecule has 0 heterocycles. The fourth-order valence-electron chi connectivity index (χ4n) is 1.87. The van der Waals surface area contributed by atoms with Crippen molar-refractivity contribution in [3.05, 3.63) is 29.8 Å². The van der Waals surface area contributed by atoms with Crippen molar-refractivity contribution in [2.24, 2.45) is 5.73 Å². The lowest BCUT2D eigenvalue weighted by atomic mass is 10.2. The van der Waals surface area contributed by atoms with Gasteiger partial charge in [-0.3, -0.25) is 4.90 Å². The molecule has 3 N–H and O–H groups in total. The Labute approximate surface area is 108 Å². The van der Waals surface area contributed by atoms with Crippen LogP contribution < -0.4 is 16.0 Å². The van der Waals surface area contributed by atoms with Crippen LogP contribution in [-0.4, -0.2) is 25.2 Å². The summed E-state index contributed by atoms with van der Waals surface area (Å²) in [5.41, 5.74) is 7.64. The maximum atomic E-state index is 12.2. The van der Waals surface area contributed by atoms with Crippen molar-refractivity contribution in [2.75, 3.05) is 18.0 Å². The van der Waals surface area contributed by atoms with E-state index >= 15 is 0 Å². The van der Waals surface area contributed by atoms with Gasteiger partial charge in [-0.1, -0.05) is 12.1 Å². The standard InChI is InChI=1S/C14H21N3O/c1-11-4-2-5-13(10-11)17(9-3-8-15)14(18)16-12-6-7-12/h2,4-5,10,12H,3,6-9,15H2,1H3,(H,16,18). The molecule has 1 aliphatic rings. The van der Waals surface area contributed by atoms with E-state index in [0.717, 1.165) is 30.5 Å². The van der Waals surface area contributed by atoms with Crippen LogP contribution in [0.2, 0.25) is 0 Å². The molecule has 0 aliphatic heterocycles. The molecule has 0 atom stereocenters. The number of carbonyl (C=O) groups is 1. The summed E-state index contributed by atoms with van der Waals surface area (Å²) in [6, 6.07) is 8.38. The van der Waals surface area contributed by atoms with Gasteiger partial charge in [0, 0.05) is 18.3 Å². The maximum Gasteiger partial charge on any atom is 0.322 e. The summed E-state index contributed by atoms with van der Waals surface area (Å²) in [6.45, 7) is 3.29. The fraction of sp³-hybridized carbons (Fsp3) is 0.500. The van der Waals surface area contributed by atoms with E-state index < -0.39 is 0 Å². The molecule has 1 aromatic carbocycles. The number of nitrogens with two attached hydrogens (primary N) is 1. The first-order valence-electron chi connectivity index (χ1n) is 6.55. The van der Waals surface area contributed by atoms with Crippen LogP contribution in [0.5, 0.6) is 0 Å². The van der Waals surface area contributed by atoms with Crippen LogP contribution in [0, 0.1) is 6.92 Å². The Bertz CT molecular complexity index is 415. The van der Waals surface area contributed by atoms with Gasteiger partial charge in [0.25, 0.3) is 0 Å². The summed E-state index contributed by atoms with van der Waals surface area (Å²) < 4.78 is 0. The molecule has 2 rings (SSSR count). The van der Waals surface area contributed by atoms with Crippen LogP contribution in [-0.2, 0) is 0 Å². The van der Waals surface area contributed by atoms with E-state index in [0.29, 0.717) is 19.1 Å². The molecule has 0 unspecified atom stereocenters. The number of hydrogen-bond donors (Lipinski definition) is 2. The van der Waals surface area contributed by atoms with Crippen molar-refractivity contribution < 1.29 is 4.79 Å². The summed E-state index contributed by atoms with van der Waals surface area (Å²) in [6.07, 6.45) is 3.01. The first-order valence-corrected chi connectivity index (χ1v) is 6.55. The summed E-state index contributed by atoms with van der Waals surface area (Å²) in [7, 11) is 0. The Balaban J connectivity index is 2.09. The Morgan fingerprint density at radius 2 is 2.28 bits per heavy atom. The average Bonchev–Trinajstić information content (AvgIpc) is 3.13. The van der Waals surface area contributed by atoms with Crippen molar-refractivity contribution in [3.63, 3.8) is 0 Å². The highest BCUT2D eigenvalue weighted by molar-refractivity contribution is 5.92. The normalized spacial score (nSPS) is 14.3. The minimum Gasteiger partial charge on any atom is -0.335 e. The molecule has 1 fully saturated rings. The highest BCUT2D eigenvalue weighted by atomic mass is 16.2. The molecular weight excluding hydrogens is 226 g/mol. The third kappa shape index (κ3) is 3.47. The lowest BCUT2D eigenvalue weighted by Gasteiger charge is -2.23. The number of benzene rings is 1. The summed E-state index contributed by atoms with van der Waals surface area (Å²) in [5.74, 6) is 0.